The fraction of sp³-hybridized carbons (Fsp3) is 0.667. The second kappa shape index (κ2) is 5.61. The highest BCUT2D eigenvalue weighted by Crippen LogP contribution is 2.32. The Kier molecular flexibility index (Phi) is 4.15. The van der Waals surface area contributed by atoms with E-state index in [0.717, 1.165) is 29.3 Å². The molecule has 2 atom stereocenters. The zero-order valence-corrected chi connectivity index (χ0v) is 10.1. The summed E-state index contributed by atoms with van der Waals surface area (Å²) in [4.78, 5) is 0. The molecular formula is C12H19NOS. The standard InChI is InChI=1S/C12H19NOS/c1-2-13-11-6-3-7-12(11)15-9-10-5-4-8-14-10/h4-5,8,11-13H,2-3,6-7,9H2,1H3. The van der Waals surface area contributed by atoms with Gasteiger partial charge in [-0.15, -0.1) is 11.8 Å². The van der Waals surface area contributed by atoms with E-state index in [1.54, 1.807) is 6.26 Å². The molecule has 0 saturated heterocycles. The number of hydrogen-bond acceptors (Lipinski definition) is 3. The number of nitrogens with one attached hydrogen (secondary N) is 1. The van der Waals surface area contributed by atoms with Gasteiger partial charge in [-0.1, -0.05) is 13.3 Å². The van der Waals surface area contributed by atoms with Crippen LogP contribution in [-0.2, 0) is 5.75 Å². The normalized spacial score (nSPS) is 25.9. The van der Waals surface area contributed by atoms with Crippen molar-refractivity contribution in [1.29, 1.82) is 0 Å². The van der Waals surface area contributed by atoms with Crippen molar-refractivity contribution < 1.29 is 4.42 Å². The van der Waals surface area contributed by atoms with Gasteiger partial charge in [0.15, 0.2) is 0 Å². The third kappa shape index (κ3) is 3.02. The Labute approximate surface area is 95.8 Å². The lowest BCUT2D eigenvalue weighted by atomic mass is 10.2. The van der Waals surface area contributed by atoms with E-state index in [1.165, 1.54) is 19.3 Å². The van der Waals surface area contributed by atoms with Gasteiger partial charge < -0.3 is 9.73 Å². The molecule has 0 aromatic carbocycles. The van der Waals surface area contributed by atoms with Crippen molar-refractivity contribution in [2.75, 3.05) is 6.54 Å². The Hall–Kier alpha value is -0.410. The average Bonchev–Trinajstić information content (AvgIpc) is 2.85. The summed E-state index contributed by atoms with van der Waals surface area (Å²) in [5, 5.41) is 4.35. The van der Waals surface area contributed by atoms with Gasteiger partial charge in [0, 0.05) is 11.3 Å². The maximum atomic E-state index is 5.35. The SMILES string of the molecule is CCNC1CCCC1SCc1ccco1. The molecule has 15 heavy (non-hydrogen) atoms. The molecule has 1 fully saturated rings. The molecule has 2 nitrogen and oxygen atoms in total. The van der Waals surface area contributed by atoms with E-state index >= 15 is 0 Å². The van der Waals surface area contributed by atoms with E-state index in [9.17, 15) is 0 Å². The van der Waals surface area contributed by atoms with Gasteiger partial charge in [0.2, 0.25) is 0 Å². The van der Waals surface area contributed by atoms with Crippen LogP contribution in [0, 0.1) is 0 Å². The van der Waals surface area contributed by atoms with Crippen LogP contribution < -0.4 is 5.32 Å². The van der Waals surface area contributed by atoms with Crippen molar-refractivity contribution in [3.8, 4) is 0 Å². The van der Waals surface area contributed by atoms with E-state index in [4.69, 9.17) is 4.42 Å². The molecule has 0 radical (unpaired) electrons. The number of thioether (sulfide) groups is 1. The zero-order valence-electron chi connectivity index (χ0n) is 9.24. The molecule has 0 aliphatic heterocycles. The number of furan rings is 1. The highest BCUT2D eigenvalue weighted by molar-refractivity contribution is 7.99. The van der Waals surface area contributed by atoms with Crippen molar-refractivity contribution >= 4 is 11.8 Å². The smallest absolute Gasteiger partial charge is 0.113 e. The Bertz CT molecular complexity index is 273. The molecule has 0 bridgehead atoms. The van der Waals surface area contributed by atoms with Crippen LogP contribution >= 0.6 is 11.8 Å². The highest BCUT2D eigenvalue weighted by Gasteiger charge is 2.26. The maximum Gasteiger partial charge on any atom is 0.113 e. The molecule has 1 aliphatic rings. The second-order valence-electron chi connectivity index (χ2n) is 4.02. The Morgan fingerprint density at radius 3 is 3.20 bits per heavy atom. The monoisotopic (exact) mass is 225 g/mol. The third-order valence-electron chi connectivity index (χ3n) is 2.94. The minimum atomic E-state index is 0.718. The van der Waals surface area contributed by atoms with Gasteiger partial charge in [-0.2, -0.15) is 0 Å². The summed E-state index contributed by atoms with van der Waals surface area (Å²) in [6.07, 6.45) is 5.81. The quantitative estimate of drug-likeness (QED) is 0.834. The van der Waals surface area contributed by atoms with Gasteiger partial charge >= 0.3 is 0 Å². The lowest BCUT2D eigenvalue weighted by Crippen LogP contribution is -2.33. The van der Waals surface area contributed by atoms with Crippen LogP contribution in [0.1, 0.15) is 31.9 Å². The summed E-state index contributed by atoms with van der Waals surface area (Å²) < 4.78 is 5.35. The summed E-state index contributed by atoms with van der Waals surface area (Å²) >= 11 is 2.03. The molecule has 1 N–H and O–H groups in total. The maximum absolute atomic E-state index is 5.35. The zero-order chi connectivity index (χ0) is 10.5. The number of rotatable bonds is 5. The van der Waals surface area contributed by atoms with Crippen molar-refractivity contribution in [3.63, 3.8) is 0 Å². The predicted molar refractivity (Wildman–Crippen MR) is 65.1 cm³/mol. The molecule has 1 aliphatic carbocycles. The summed E-state index contributed by atoms with van der Waals surface area (Å²) in [7, 11) is 0. The fourth-order valence-corrected chi connectivity index (χ4v) is 3.55. The van der Waals surface area contributed by atoms with Gasteiger partial charge in [0.1, 0.15) is 5.76 Å². The van der Waals surface area contributed by atoms with Crippen molar-refractivity contribution in [3.05, 3.63) is 24.2 Å². The molecule has 2 rings (SSSR count). The van der Waals surface area contributed by atoms with Crippen LogP contribution in [0.5, 0.6) is 0 Å². The molecule has 1 heterocycles. The Morgan fingerprint density at radius 2 is 2.47 bits per heavy atom. The van der Waals surface area contributed by atoms with Crippen molar-refractivity contribution in [2.45, 2.75) is 43.2 Å². The molecule has 0 amide bonds. The van der Waals surface area contributed by atoms with Gasteiger partial charge in [0.05, 0.1) is 12.0 Å². The highest BCUT2D eigenvalue weighted by atomic mass is 32.2. The van der Waals surface area contributed by atoms with Crippen LogP contribution in [0.15, 0.2) is 22.8 Å². The van der Waals surface area contributed by atoms with Crippen LogP contribution in [0.2, 0.25) is 0 Å². The Balaban J connectivity index is 1.78. The molecule has 3 heteroatoms. The van der Waals surface area contributed by atoms with Gasteiger partial charge in [-0.05, 0) is 31.5 Å². The minimum Gasteiger partial charge on any atom is -0.468 e. The first-order chi connectivity index (χ1) is 7.40. The fourth-order valence-electron chi connectivity index (χ4n) is 2.21. The summed E-state index contributed by atoms with van der Waals surface area (Å²) in [5.41, 5.74) is 0. The molecule has 1 aromatic rings. The van der Waals surface area contributed by atoms with E-state index < -0.39 is 0 Å². The Morgan fingerprint density at radius 1 is 1.53 bits per heavy atom. The molecule has 84 valence electrons. The largest absolute Gasteiger partial charge is 0.468 e. The summed E-state index contributed by atoms with van der Waals surface area (Å²) in [5.74, 6) is 2.11. The molecule has 2 unspecified atom stereocenters. The van der Waals surface area contributed by atoms with Gasteiger partial charge in [-0.25, -0.2) is 0 Å². The van der Waals surface area contributed by atoms with Crippen molar-refractivity contribution in [2.24, 2.45) is 0 Å². The lowest BCUT2D eigenvalue weighted by molar-refractivity contribution is 0.527. The molecule has 0 spiro atoms. The second-order valence-corrected chi connectivity index (χ2v) is 5.25. The summed E-state index contributed by atoms with van der Waals surface area (Å²) in [6, 6.07) is 4.74. The third-order valence-corrected chi connectivity index (χ3v) is 4.38. The molecule has 1 saturated carbocycles. The first-order valence-corrected chi connectivity index (χ1v) is 6.82. The lowest BCUT2D eigenvalue weighted by Gasteiger charge is -2.19. The first-order valence-electron chi connectivity index (χ1n) is 5.77. The van der Waals surface area contributed by atoms with Crippen LogP contribution in [0.4, 0.5) is 0 Å². The van der Waals surface area contributed by atoms with Crippen molar-refractivity contribution in [1.82, 2.24) is 5.32 Å². The topological polar surface area (TPSA) is 25.2 Å². The minimum absolute atomic E-state index is 0.718. The van der Waals surface area contributed by atoms with E-state index in [-0.39, 0.29) is 0 Å². The van der Waals surface area contributed by atoms with Crippen LogP contribution in [0.25, 0.3) is 0 Å². The first kappa shape index (κ1) is 11.1. The van der Waals surface area contributed by atoms with Gasteiger partial charge in [-0.3, -0.25) is 0 Å². The molecular weight excluding hydrogens is 206 g/mol. The number of hydrogen-bond donors (Lipinski definition) is 1. The average molecular weight is 225 g/mol. The van der Waals surface area contributed by atoms with Crippen LogP contribution in [0.3, 0.4) is 0 Å². The van der Waals surface area contributed by atoms with E-state index in [1.807, 2.05) is 17.8 Å². The van der Waals surface area contributed by atoms with E-state index in [2.05, 4.69) is 18.3 Å². The van der Waals surface area contributed by atoms with Crippen LogP contribution in [-0.4, -0.2) is 17.8 Å². The molecule has 1 aromatic heterocycles. The predicted octanol–water partition coefficient (Wildman–Crippen LogP) is 3.04. The van der Waals surface area contributed by atoms with E-state index in [0.29, 0.717) is 0 Å². The summed E-state index contributed by atoms with van der Waals surface area (Å²) in [6.45, 7) is 3.27. The van der Waals surface area contributed by atoms with Gasteiger partial charge in [0.25, 0.3) is 0 Å².